The van der Waals surface area contributed by atoms with Crippen LogP contribution in [0.4, 0.5) is 0 Å². The molecule has 0 aliphatic heterocycles. The Morgan fingerprint density at radius 3 is 2.71 bits per heavy atom. The van der Waals surface area contributed by atoms with Gasteiger partial charge < -0.3 is 5.73 Å². The fourth-order valence-corrected chi connectivity index (χ4v) is 2.31. The largest absolute Gasteiger partial charge is 0.328 e. The number of hydrogen-bond acceptors (Lipinski definition) is 2. The molecule has 1 atom stereocenters. The van der Waals surface area contributed by atoms with Crippen LogP contribution in [0, 0.1) is 0 Å². The molecular weight excluding hydrogens is 190 g/mol. The molecule has 2 heteroatoms. The summed E-state index contributed by atoms with van der Waals surface area (Å²) in [6.07, 6.45) is 2.20. The van der Waals surface area contributed by atoms with Crippen molar-refractivity contribution in [3.05, 3.63) is 29.8 Å². The summed E-state index contributed by atoms with van der Waals surface area (Å²) in [5.41, 5.74) is 7.20. The fourth-order valence-electron chi connectivity index (χ4n) is 1.37. The lowest BCUT2D eigenvalue weighted by Crippen LogP contribution is -2.18. The highest BCUT2D eigenvalue weighted by molar-refractivity contribution is 7.99. The van der Waals surface area contributed by atoms with Gasteiger partial charge in [-0.25, -0.2) is 0 Å². The van der Waals surface area contributed by atoms with E-state index in [1.807, 2.05) is 11.8 Å². The summed E-state index contributed by atoms with van der Waals surface area (Å²) in [5.74, 6) is 1.19. The predicted octanol–water partition coefficient (Wildman–Crippen LogP) is 3.08. The summed E-state index contributed by atoms with van der Waals surface area (Å²) in [4.78, 5) is 1.40. The third kappa shape index (κ3) is 3.72. The summed E-state index contributed by atoms with van der Waals surface area (Å²) in [5, 5.41) is 0. The number of nitrogens with two attached hydrogens (primary N) is 1. The van der Waals surface area contributed by atoms with Crippen molar-refractivity contribution in [2.75, 3.05) is 5.75 Å². The van der Waals surface area contributed by atoms with E-state index in [1.165, 1.54) is 22.6 Å². The highest BCUT2D eigenvalue weighted by Crippen LogP contribution is 2.23. The fraction of sp³-hybridized carbons (Fsp3) is 0.500. The monoisotopic (exact) mass is 209 g/mol. The first-order valence-corrected chi connectivity index (χ1v) is 6.19. The van der Waals surface area contributed by atoms with Gasteiger partial charge in [0.25, 0.3) is 0 Å². The lowest BCUT2D eigenvalue weighted by atomic mass is 10.1. The average Bonchev–Trinajstić information content (AvgIpc) is 2.16. The molecule has 1 nitrogen and oxygen atoms in total. The smallest absolute Gasteiger partial charge is 0.0105 e. The first-order valence-electron chi connectivity index (χ1n) is 5.20. The van der Waals surface area contributed by atoms with E-state index in [-0.39, 0.29) is 6.04 Å². The van der Waals surface area contributed by atoms with Gasteiger partial charge in [0.2, 0.25) is 0 Å². The van der Waals surface area contributed by atoms with Crippen molar-refractivity contribution in [2.24, 2.45) is 5.73 Å². The Kier molecular flexibility index (Phi) is 5.05. The van der Waals surface area contributed by atoms with E-state index in [4.69, 9.17) is 5.73 Å². The van der Waals surface area contributed by atoms with E-state index < -0.39 is 0 Å². The van der Waals surface area contributed by atoms with E-state index in [0.717, 1.165) is 6.42 Å². The SMILES string of the molecule is CCCSc1ccccc1CC(C)N. The van der Waals surface area contributed by atoms with Gasteiger partial charge in [-0.2, -0.15) is 0 Å². The lowest BCUT2D eigenvalue weighted by Gasteiger charge is -2.10. The summed E-state index contributed by atoms with van der Waals surface area (Å²) in [6, 6.07) is 8.81. The van der Waals surface area contributed by atoms with Gasteiger partial charge in [-0.1, -0.05) is 25.1 Å². The van der Waals surface area contributed by atoms with Crippen LogP contribution in [0.3, 0.4) is 0 Å². The Labute approximate surface area is 91.1 Å². The maximum atomic E-state index is 5.81. The molecule has 1 aromatic rings. The minimum atomic E-state index is 0.248. The van der Waals surface area contributed by atoms with Crippen molar-refractivity contribution in [3.63, 3.8) is 0 Å². The first-order chi connectivity index (χ1) is 6.74. The molecular formula is C12H19NS. The van der Waals surface area contributed by atoms with Crippen molar-refractivity contribution in [3.8, 4) is 0 Å². The van der Waals surface area contributed by atoms with Gasteiger partial charge in [0, 0.05) is 10.9 Å². The Bertz CT molecular complexity index is 271. The van der Waals surface area contributed by atoms with Crippen LogP contribution < -0.4 is 5.73 Å². The van der Waals surface area contributed by atoms with E-state index in [0.29, 0.717) is 0 Å². The first kappa shape index (κ1) is 11.6. The molecule has 0 radical (unpaired) electrons. The second-order valence-corrected chi connectivity index (χ2v) is 4.77. The molecule has 14 heavy (non-hydrogen) atoms. The van der Waals surface area contributed by atoms with Crippen LogP contribution in [-0.4, -0.2) is 11.8 Å². The Morgan fingerprint density at radius 1 is 1.36 bits per heavy atom. The van der Waals surface area contributed by atoms with E-state index in [9.17, 15) is 0 Å². The summed E-state index contributed by atoms with van der Waals surface area (Å²) >= 11 is 1.93. The average molecular weight is 209 g/mol. The van der Waals surface area contributed by atoms with Gasteiger partial charge in [-0.3, -0.25) is 0 Å². The normalized spacial score (nSPS) is 12.8. The maximum absolute atomic E-state index is 5.81. The van der Waals surface area contributed by atoms with Gasteiger partial charge in [0.15, 0.2) is 0 Å². The van der Waals surface area contributed by atoms with Gasteiger partial charge in [0.05, 0.1) is 0 Å². The number of rotatable bonds is 5. The highest BCUT2D eigenvalue weighted by atomic mass is 32.2. The lowest BCUT2D eigenvalue weighted by molar-refractivity contribution is 0.729. The Balaban J connectivity index is 2.69. The molecule has 0 bridgehead atoms. The molecule has 0 spiro atoms. The second kappa shape index (κ2) is 6.10. The van der Waals surface area contributed by atoms with Gasteiger partial charge in [-0.05, 0) is 37.1 Å². The third-order valence-electron chi connectivity index (χ3n) is 1.98. The van der Waals surface area contributed by atoms with Gasteiger partial charge in [0.1, 0.15) is 0 Å². The molecule has 0 saturated carbocycles. The minimum absolute atomic E-state index is 0.248. The zero-order valence-corrected chi connectivity index (χ0v) is 9.81. The topological polar surface area (TPSA) is 26.0 Å². The zero-order chi connectivity index (χ0) is 10.4. The van der Waals surface area contributed by atoms with E-state index in [1.54, 1.807) is 0 Å². The molecule has 2 N–H and O–H groups in total. The van der Waals surface area contributed by atoms with Crippen molar-refractivity contribution < 1.29 is 0 Å². The molecule has 0 aromatic heterocycles. The van der Waals surface area contributed by atoms with Crippen molar-refractivity contribution in [1.82, 2.24) is 0 Å². The standard InChI is InChI=1S/C12H19NS/c1-3-8-14-12-7-5-4-6-11(12)9-10(2)13/h4-7,10H,3,8-9,13H2,1-2H3. The zero-order valence-electron chi connectivity index (χ0n) is 8.99. The number of thioether (sulfide) groups is 1. The highest BCUT2D eigenvalue weighted by Gasteiger charge is 2.03. The quantitative estimate of drug-likeness (QED) is 0.754. The molecule has 0 heterocycles. The number of hydrogen-bond donors (Lipinski definition) is 1. The van der Waals surface area contributed by atoms with Gasteiger partial charge >= 0.3 is 0 Å². The van der Waals surface area contributed by atoms with E-state index >= 15 is 0 Å². The maximum Gasteiger partial charge on any atom is 0.0105 e. The Hall–Kier alpha value is -0.470. The predicted molar refractivity (Wildman–Crippen MR) is 64.8 cm³/mol. The molecule has 0 amide bonds. The molecule has 0 aliphatic rings. The summed E-state index contributed by atoms with van der Waals surface area (Å²) < 4.78 is 0. The van der Waals surface area contributed by atoms with Crippen LogP contribution in [0.5, 0.6) is 0 Å². The molecule has 0 aliphatic carbocycles. The summed E-state index contributed by atoms with van der Waals surface area (Å²) in [6.45, 7) is 4.27. The molecule has 0 saturated heterocycles. The van der Waals surface area contributed by atoms with Crippen molar-refractivity contribution in [1.29, 1.82) is 0 Å². The molecule has 78 valence electrons. The minimum Gasteiger partial charge on any atom is -0.328 e. The van der Waals surface area contributed by atoms with Crippen molar-refractivity contribution >= 4 is 11.8 Å². The summed E-state index contributed by atoms with van der Waals surface area (Å²) in [7, 11) is 0. The van der Waals surface area contributed by atoms with Crippen LogP contribution in [0.15, 0.2) is 29.2 Å². The third-order valence-corrected chi connectivity index (χ3v) is 3.30. The second-order valence-electron chi connectivity index (χ2n) is 3.64. The van der Waals surface area contributed by atoms with Crippen LogP contribution >= 0.6 is 11.8 Å². The van der Waals surface area contributed by atoms with Gasteiger partial charge in [-0.15, -0.1) is 11.8 Å². The van der Waals surface area contributed by atoms with E-state index in [2.05, 4.69) is 38.1 Å². The molecule has 1 rings (SSSR count). The molecule has 1 unspecified atom stereocenters. The van der Waals surface area contributed by atoms with Crippen molar-refractivity contribution in [2.45, 2.75) is 37.6 Å². The van der Waals surface area contributed by atoms with Crippen LogP contribution in [-0.2, 0) is 6.42 Å². The molecule has 1 aromatic carbocycles. The van der Waals surface area contributed by atoms with Crippen LogP contribution in [0.25, 0.3) is 0 Å². The van der Waals surface area contributed by atoms with Crippen LogP contribution in [0.1, 0.15) is 25.8 Å². The number of benzene rings is 1. The van der Waals surface area contributed by atoms with Crippen LogP contribution in [0.2, 0.25) is 0 Å². The molecule has 0 fully saturated rings. The Morgan fingerprint density at radius 2 is 2.07 bits per heavy atom.